The summed E-state index contributed by atoms with van der Waals surface area (Å²) < 4.78 is 57.2. The van der Waals surface area contributed by atoms with Crippen molar-refractivity contribution in [3.63, 3.8) is 0 Å². The number of ketones is 4. The largest absolute Gasteiger partial charge is 0.472 e. The molecule has 0 aromatic heterocycles. The van der Waals surface area contributed by atoms with Crippen molar-refractivity contribution in [2.45, 2.75) is 271 Å². The van der Waals surface area contributed by atoms with Crippen LogP contribution < -0.4 is 21.3 Å². The van der Waals surface area contributed by atoms with Crippen LogP contribution in [0.5, 0.6) is 0 Å². The molecule has 0 bridgehead atoms. The van der Waals surface area contributed by atoms with Crippen LogP contribution in [0.2, 0.25) is 0 Å². The van der Waals surface area contributed by atoms with Crippen molar-refractivity contribution in [1.82, 2.24) is 21.3 Å². The van der Waals surface area contributed by atoms with Gasteiger partial charge in [-0.3, -0.25) is 46.9 Å². The third-order valence-corrected chi connectivity index (χ3v) is 15.5. The van der Waals surface area contributed by atoms with E-state index in [2.05, 4.69) is 49.0 Å². The van der Waals surface area contributed by atoms with Crippen molar-refractivity contribution in [2.75, 3.05) is 65.9 Å². The lowest BCUT2D eigenvalue weighted by atomic mass is 10.0. The van der Waals surface area contributed by atoms with E-state index in [0.717, 1.165) is 103 Å². The quantitative estimate of drug-likeness (QED) is 0.0187. The first kappa shape index (κ1) is 79.0. The number of Topliss-reactive ketones (excluding diaryl/α,β-unsaturated/α-hetero) is 4. The van der Waals surface area contributed by atoms with Crippen LogP contribution in [0.15, 0.2) is 0 Å². The van der Waals surface area contributed by atoms with E-state index in [1.54, 1.807) is 0 Å². The Bertz CT molecular complexity index is 1660. The fraction of sp³-hybridized carbons (Fsp3) is 0.881. The van der Waals surface area contributed by atoms with Crippen molar-refractivity contribution in [3.8, 4) is 0 Å². The van der Waals surface area contributed by atoms with Gasteiger partial charge < -0.3 is 40.5 Å². The lowest BCUT2D eigenvalue weighted by Crippen LogP contribution is -2.42. The topological polar surface area (TPSA) is 298 Å². The van der Waals surface area contributed by atoms with Crippen LogP contribution in [-0.4, -0.2) is 129 Å². The summed E-state index contributed by atoms with van der Waals surface area (Å²) in [4.78, 5) is 109. The van der Waals surface area contributed by atoms with Gasteiger partial charge in [-0.05, 0) is 25.7 Å². The van der Waals surface area contributed by atoms with Gasteiger partial charge in [0, 0.05) is 51.6 Å². The molecule has 0 aliphatic rings. The monoisotopic (exact) mass is 1210 g/mol. The molecule has 4 amide bonds. The van der Waals surface area contributed by atoms with Crippen LogP contribution in [0, 0.1) is 0 Å². The van der Waals surface area contributed by atoms with E-state index in [-0.39, 0.29) is 101 Å². The summed E-state index contributed by atoms with van der Waals surface area (Å²) in [6.07, 6.45) is 30.7. The summed E-state index contributed by atoms with van der Waals surface area (Å²) in [7, 11) is -9.48. The number of phosphoric acid groups is 2. The first-order valence-corrected chi connectivity index (χ1v) is 34.5. The molecule has 0 aliphatic carbocycles. The number of hydrogen-bond donors (Lipinski definition) is 6. The molecule has 0 rings (SSSR count). The molecule has 0 aromatic rings. The van der Waals surface area contributed by atoms with Crippen molar-refractivity contribution in [3.05, 3.63) is 0 Å². The van der Waals surface area contributed by atoms with E-state index in [4.69, 9.17) is 27.6 Å². The van der Waals surface area contributed by atoms with Gasteiger partial charge in [0.05, 0.1) is 77.8 Å². The summed E-state index contributed by atoms with van der Waals surface area (Å²) in [6, 6.07) is -2.71. The number of urea groups is 1. The molecular weight excluding hydrogens is 1100 g/mol. The highest BCUT2D eigenvalue weighted by atomic mass is 31.2. The average molecular weight is 1210 g/mol. The van der Waals surface area contributed by atoms with E-state index < -0.39 is 72.0 Å². The zero-order chi connectivity index (χ0) is 60.8. The third kappa shape index (κ3) is 53.7. The number of hydrogen-bond acceptors (Lipinski definition) is 15. The maximum atomic E-state index is 12.9. The van der Waals surface area contributed by atoms with E-state index >= 15 is 0 Å². The summed E-state index contributed by atoms with van der Waals surface area (Å²) >= 11 is 0. The highest BCUT2D eigenvalue weighted by Gasteiger charge is 2.27. The summed E-state index contributed by atoms with van der Waals surface area (Å²) in [5.41, 5.74) is 0. The Hall–Kier alpha value is -2.97. The molecule has 480 valence electrons. The minimum absolute atomic E-state index is 0.0439. The van der Waals surface area contributed by atoms with Gasteiger partial charge in [0.15, 0.2) is 0 Å². The van der Waals surface area contributed by atoms with Gasteiger partial charge in [-0.15, -0.1) is 0 Å². The number of ether oxygens (including phenoxy) is 2. The smallest absolute Gasteiger partial charge is 0.379 e. The lowest BCUT2D eigenvalue weighted by Gasteiger charge is -2.21. The van der Waals surface area contributed by atoms with Crippen LogP contribution >= 0.6 is 15.6 Å². The van der Waals surface area contributed by atoms with Crippen molar-refractivity contribution >= 4 is 56.6 Å². The molecule has 0 aromatic carbocycles. The molecule has 23 heteroatoms. The van der Waals surface area contributed by atoms with E-state index in [0.29, 0.717) is 25.7 Å². The fourth-order valence-corrected chi connectivity index (χ4v) is 10.2. The average Bonchev–Trinajstić information content (AvgIpc) is 3.47. The number of carbonyl (C=O) groups is 7. The third-order valence-electron chi connectivity index (χ3n) is 13.5. The highest BCUT2D eigenvalue weighted by Crippen LogP contribution is 2.43. The number of unbranched alkanes of at least 4 members (excludes halogenated alkanes) is 24. The van der Waals surface area contributed by atoms with Gasteiger partial charge in [0.2, 0.25) is 11.8 Å². The second-order valence-corrected chi connectivity index (χ2v) is 24.5. The molecule has 0 spiro atoms. The lowest BCUT2D eigenvalue weighted by molar-refractivity contribution is -0.130. The number of carbonyl (C=O) groups excluding carboxylic acids is 7. The Balaban J connectivity index is 5.04. The van der Waals surface area contributed by atoms with Crippen LogP contribution in [0.25, 0.3) is 0 Å². The molecule has 0 saturated heterocycles. The molecule has 0 heterocycles. The summed E-state index contributed by atoms with van der Waals surface area (Å²) in [5, 5.41) is 10.0. The molecule has 4 atom stereocenters. The number of phosphoric ester groups is 2. The predicted octanol–water partition coefficient (Wildman–Crippen LogP) is 12.0. The van der Waals surface area contributed by atoms with Crippen LogP contribution in [0.4, 0.5) is 4.79 Å². The molecule has 0 aliphatic heterocycles. The highest BCUT2D eigenvalue weighted by molar-refractivity contribution is 7.47. The standard InChI is InChI=1S/C59H112N4O17P2/c1-5-9-13-17-19-21-23-27-31-35-55(66)45-57(68)62-51(47-75-41-37-53(64)33-29-25-15-11-7-3)49-79-81(71,72)77-43-39-60-59(70)61-40-44-78-82(73,74)80-50-52(48-76-42-38-54(65)34-30-26-16-12-8-4)63-58(69)46-56(67)36-32-28-24-22-20-18-14-10-6-2/h51-52H,5-50H2,1-4H3,(H,62,68)(H,63,69)(H,71,72)(H,73,74)(H2,60,61,70). The van der Waals surface area contributed by atoms with Crippen molar-refractivity contribution in [1.29, 1.82) is 0 Å². The van der Waals surface area contributed by atoms with Gasteiger partial charge in [-0.25, -0.2) is 13.9 Å². The second kappa shape index (κ2) is 54.7. The second-order valence-electron chi connectivity index (χ2n) is 21.6. The van der Waals surface area contributed by atoms with Gasteiger partial charge in [0.25, 0.3) is 0 Å². The Morgan fingerprint density at radius 1 is 0.354 bits per heavy atom. The van der Waals surface area contributed by atoms with Crippen molar-refractivity contribution in [2.24, 2.45) is 0 Å². The van der Waals surface area contributed by atoms with Gasteiger partial charge in [0.1, 0.15) is 23.1 Å². The van der Waals surface area contributed by atoms with E-state index in [1.807, 2.05) is 0 Å². The summed E-state index contributed by atoms with van der Waals surface area (Å²) in [6.45, 7) is 5.80. The first-order chi connectivity index (χ1) is 39.4. The molecular formula is C59H112N4O17P2. The molecule has 0 radical (unpaired) electrons. The SMILES string of the molecule is CCCCCCCCCCCC(=O)CC(=O)NC(COCCC(=O)CCCCCCC)COP(=O)(O)OCCNC(=O)NCCOP(=O)(O)OCC(COCCC(=O)CCCCCCC)NC(=O)CC(=O)CCCCCCCCCCC. The zero-order valence-electron chi connectivity index (χ0n) is 51.1. The normalized spacial score (nSPS) is 13.6. The molecule has 0 saturated carbocycles. The predicted molar refractivity (Wildman–Crippen MR) is 319 cm³/mol. The first-order valence-electron chi connectivity index (χ1n) is 31.5. The number of amides is 4. The van der Waals surface area contributed by atoms with Crippen LogP contribution in [-0.2, 0) is 65.5 Å². The zero-order valence-corrected chi connectivity index (χ0v) is 52.9. The van der Waals surface area contributed by atoms with Crippen molar-refractivity contribution < 1.29 is 80.0 Å². The van der Waals surface area contributed by atoms with Gasteiger partial charge in [-0.2, -0.15) is 0 Å². The Kier molecular flexibility index (Phi) is 52.7. The molecule has 0 fully saturated rings. The van der Waals surface area contributed by atoms with Crippen LogP contribution in [0.3, 0.4) is 0 Å². The Morgan fingerprint density at radius 3 is 0.939 bits per heavy atom. The minimum atomic E-state index is -4.74. The minimum Gasteiger partial charge on any atom is -0.379 e. The number of rotatable bonds is 62. The van der Waals surface area contributed by atoms with E-state index in [9.17, 15) is 52.5 Å². The molecule has 6 N–H and O–H groups in total. The molecule has 21 nitrogen and oxygen atoms in total. The van der Waals surface area contributed by atoms with Crippen LogP contribution in [0.1, 0.15) is 259 Å². The van der Waals surface area contributed by atoms with Gasteiger partial charge in [-0.1, -0.05) is 182 Å². The fourth-order valence-electron chi connectivity index (χ4n) is 8.70. The maximum Gasteiger partial charge on any atom is 0.472 e. The number of nitrogens with one attached hydrogen (secondary N) is 4. The Labute approximate surface area is 493 Å². The van der Waals surface area contributed by atoms with E-state index in [1.165, 1.54) is 64.2 Å². The van der Waals surface area contributed by atoms with Gasteiger partial charge >= 0.3 is 21.7 Å². The maximum absolute atomic E-state index is 12.9. The molecule has 4 unspecified atom stereocenters. The Morgan fingerprint density at radius 2 is 0.634 bits per heavy atom. The summed E-state index contributed by atoms with van der Waals surface area (Å²) in [5.74, 6) is -1.57. The molecule has 82 heavy (non-hydrogen) atoms.